The van der Waals surface area contributed by atoms with E-state index >= 15 is 0 Å². The Labute approximate surface area is 181 Å². The van der Waals surface area contributed by atoms with E-state index in [0.29, 0.717) is 11.8 Å². The summed E-state index contributed by atoms with van der Waals surface area (Å²) in [5.41, 5.74) is 4.27. The van der Waals surface area contributed by atoms with Crippen LogP contribution in [0.2, 0.25) is 0 Å². The van der Waals surface area contributed by atoms with Crippen LogP contribution in [0.4, 0.5) is 0 Å². The van der Waals surface area contributed by atoms with Gasteiger partial charge in [0.1, 0.15) is 0 Å². The first-order chi connectivity index (χ1) is 15.2. The molecule has 2 bridgehead atoms. The third kappa shape index (κ3) is 3.37. The highest BCUT2D eigenvalue weighted by Crippen LogP contribution is 2.36. The Kier molecular flexibility index (Phi) is 4.46. The van der Waals surface area contributed by atoms with Gasteiger partial charge in [0.25, 0.3) is 5.56 Å². The normalized spacial score (nSPS) is 20.5. The van der Waals surface area contributed by atoms with Gasteiger partial charge >= 0.3 is 0 Å². The number of pyridine rings is 2. The lowest BCUT2D eigenvalue weighted by Crippen LogP contribution is -2.47. The summed E-state index contributed by atoms with van der Waals surface area (Å²) in [6, 6.07) is 25.0. The number of benzene rings is 2. The number of fused-ring (bicyclic) bond motifs is 5. The highest BCUT2D eigenvalue weighted by atomic mass is 16.1. The average Bonchev–Trinajstić information content (AvgIpc) is 2.80. The molecule has 0 N–H and O–H groups in total. The van der Waals surface area contributed by atoms with Crippen LogP contribution in [-0.4, -0.2) is 27.5 Å². The Hall–Kier alpha value is -3.24. The fourth-order valence-corrected chi connectivity index (χ4v) is 5.47. The predicted octanol–water partition coefficient (Wildman–Crippen LogP) is 4.68. The van der Waals surface area contributed by atoms with Crippen LogP contribution in [0.1, 0.15) is 23.7 Å². The van der Waals surface area contributed by atoms with E-state index in [1.807, 2.05) is 30.5 Å². The molecule has 0 amide bonds. The Morgan fingerprint density at radius 2 is 1.74 bits per heavy atom. The fraction of sp³-hybridized carbons (Fsp3) is 0.259. The fourth-order valence-electron chi connectivity index (χ4n) is 5.47. The quantitative estimate of drug-likeness (QED) is 0.495. The lowest BCUT2D eigenvalue weighted by Gasteiger charge is -2.42. The largest absolute Gasteiger partial charge is 0.311 e. The third-order valence-electron chi connectivity index (χ3n) is 6.85. The first-order valence-electron chi connectivity index (χ1n) is 11.1. The molecule has 2 atom stereocenters. The monoisotopic (exact) mass is 407 g/mol. The number of aromatic nitrogens is 2. The molecule has 4 nitrogen and oxygen atoms in total. The van der Waals surface area contributed by atoms with Crippen LogP contribution in [0.15, 0.2) is 83.8 Å². The van der Waals surface area contributed by atoms with Crippen molar-refractivity contribution in [2.24, 2.45) is 5.92 Å². The van der Waals surface area contributed by atoms with Crippen molar-refractivity contribution in [3.8, 4) is 11.1 Å². The van der Waals surface area contributed by atoms with Gasteiger partial charge < -0.3 is 4.57 Å². The molecule has 0 spiro atoms. The van der Waals surface area contributed by atoms with Gasteiger partial charge in [0.2, 0.25) is 0 Å². The van der Waals surface area contributed by atoms with Crippen molar-refractivity contribution in [2.45, 2.75) is 25.4 Å². The SMILES string of the molecule is O=c1c(-c2ccc3ccccc3c2)ccc2n1C[C@@H]1C[C@@H]2CN(Cc2ccccn2)C1. The Bertz CT molecular complexity index is 1310. The Morgan fingerprint density at radius 1 is 0.871 bits per heavy atom. The molecule has 4 heteroatoms. The van der Waals surface area contributed by atoms with Crippen LogP contribution in [-0.2, 0) is 13.1 Å². The van der Waals surface area contributed by atoms with Crippen LogP contribution in [0.25, 0.3) is 21.9 Å². The molecule has 4 heterocycles. The topological polar surface area (TPSA) is 38.1 Å². The molecule has 2 aromatic heterocycles. The van der Waals surface area contributed by atoms with Gasteiger partial charge in [-0.1, -0.05) is 42.5 Å². The van der Waals surface area contributed by atoms with Gasteiger partial charge in [-0.25, -0.2) is 0 Å². The molecule has 31 heavy (non-hydrogen) atoms. The summed E-state index contributed by atoms with van der Waals surface area (Å²) in [5.74, 6) is 0.925. The predicted molar refractivity (Wildman–Crippen MR) is 124 cm³/mol. The van der Waals surface area contributed by atoms with E-state index in [1.54, 1.807) is 0 Å². The average molecular weight is 408 g/mol. The molecule has 1 saturated heterocycles. The summed E-state index contributed by atoms with van der Waals surface area (Å²) in [7, 11) is 0. The van der Waals surface area contributed by atoms with Crippen LogP contribution < -0.4 is 5.56 Å². The smallest absolute Gasteiger partial charge is 0.258 e. The van der Waals surface area contributed by atoms with Crippen LogP contribution in [0.3, 0.4) is 0 Å². The van der Waals surface area contributed by atoms with Crippen molar-refractivity contribution in [1.82, 2.24) is 14.5 Å². The minimum Gasteiger partial charge on any atom is -0.311 e. The minimum absolute atomic E-state index is 0.153. The minimum atomic E-state index is 0.153. The second kappa shape index (κ2) is 7.47. The first-order valence-corrected chi connectivity index (χ1v) is 11.1. The molecule has 1 fully saturated rings. The lowest BCUT2D eigenvalue weighted by atomic mass is 9.82. The summed E-state index contributed by atoms with van der Waals surface area (Å²) in [4.78, 5) is 20.5. The standard InChI is InChI=1S/C27H25N3O/c31-27-25(22-9-8-20-5-1-2-6-21(20)14-22)10-11-26-23-13-19(16-30(26)27)15-29(17-23)18-24-7-3-4-12-28-24/h1-12,14,19,23H,13,15-18H2/t19-,23-/m1/s1. The van der Waals surface area contributed by atoms with E-state index in [9.17, 15) is 4.79 Å². The van der Waals surface area contributed by atoms with E-state index in [4.69, 9.17) is 0 Å². The molecule has 154 valence electrons. The molecule has 0 aliphatic carbocycles. The number of likely N-dealkylation sites (tertiary alicyclic amines) is 1. The molecule has 2 aliphatic rings. The van der Waals surface area contributed by atoms with Gasteiger partial charge in [0.05, 0.1) is 5.69 Å². The van der Waals surface area contributed by atoms with Crippen molar-refractivity contribution >= 4 is 10.8 Å². The van der Waals surface area contributed by atoms with Gasteiger partial charge in [-0.3, -0.25) is 14.7 Å². The van der Waals surface area contributed by atoms with Crippen LogP contribution in [0.5, 0.6) is 0 Å². The van der Waals surface area contributed by atoms with E-state index in [1.165, 1.54) is 22.9 Å². The number of nitrogens with zero attached hydrogens (tertiary/aromatic N) is 3. The summed E-state index contributed by atoms with van der Waals surface area (Å²) in [6.07, 6.45) is 3.04. The maximum atomic E-state index is 13.5. The number of hydrogen-bond acceptors (Lipinski definition) is 3. The van der Waals surface area contributed by atoms with E-state index in [2.05, 4.69) is 63.0 Å². The Balaban J connectivity index is 1.32. The molecular formula is C27H25N3O. The van der Waals surface area contributed by atoms with Crippen molar-refractivity contribution in [3.05, 3.63) is 101 Å². The van der Waals surface area contributed by atoms with Crippen molar-refractivity contribution < 1.29 is 0 Å². The summed E-state index contributed by atoms with van der Waals surface area (Å²) >= 11 is 0. The maximum Gasteiger partial charge on any atom is 0.258 e. The molecule has 4 aromatic rings. The molecule has 0 radical (unpaired) electrons. The second-order valence-electron chi connectivity index (χ2n) is 8.96. The first kappa shape index (κ1) is 18.5. The zero-order valence-electron chi connectivity index (χ0n) is 17.4. The van der Waals surface area contributed by atoms with Gasteiger partial charge in [-0.05, 0) is 59.0 Å². The van der Waals surface area contributed by atoms with E-state index in [0.717, 1.165) is 43.0 Å². The van der Waals surface area contributed by atoms with Crippen LogP contribution >= 0.6 is 0 Å². The molecule has 2 aromatic carbocycles. The van der Waals surface area contributed by atoms with Gasteiger partial charge in [-0.15, -0.1) is 0 Å². The van der Waals surface area contributed by atoms with E-state index < -0.39 is 0 Å². The summed E-state index contributed by atoms with van der Waals surface area (Å²) in [6.45, 7) is 3.71. The molecule has 0 saturated carbocycles. The summed E-state index contributed by atoms with van der Waals surface area (Å²) in [5, 5.41) is 2.37. The highest BCUT2D eigenvalue weighted by Gasteiger charge is 2.35. The number of rotatable bonds is 3. The van der Waals surface area contributed by atoms with E-state index in [-0.39, 0.29) is 5.56 Å². The lowest BCUT2D eigenvalue weighted by molar-refractivity contribution is 0.113. The maximum absolute atomic E-state index is 13.5. The van der Waals surface area contributed by atoms with Crippen molar-refractivity contribution in [1.29, 1.82) is 0 Å². The van der Waals surface area contributed by atoms with Crippen molar-refractivity contribution in [2.75, 3.05) is 13.1 Å². The number of hydrogen-bond donors (Lipinski definition) is 0. The molecular weight excluding hydrogens is 382 g/mol. The third-order valence-corrected chi connectivity index (χ3v) is 6.85. The zero-order chi connectivity index (χ0) is 20.8. The van der Waals surface area contributed by atoms with Crippen LogP contribution in [0, 0.1) is 5.92 Å². The van der Waals surface area contributed by atoms with Crippen molar-refractivity contribution in [3.63, 3.8) is 0 Å². The summed E-state index contributed by atoms with van der Waals surface area (Å²) < 4.78 is 2.06. The molecule has 0 unspecified atom stereocenters. The molecule has 2 aliphatic heterocycles. The van der Waals surface area contributed by atoms with Gasteiger partial charge in [0, 0.05) is 49.6 Å². The molecule has 6 rings (SSSR count). The highest BCUT2D eigenvalue weighted by molar-refractivity contribution is 5.87. The number of piperidine rings is 1. The zero-order valence-corrected chi connectivity index (χ0v) is 17.4. The van der Waals surface area contributed by atoms with Gasteiger partial charge in [-0.2, -0.15) is 0 Å². The second-order valence-corrected chi connectivity index (χ2v) is 8.96. The Morgan fingerprint density at radius 3 is 2.61 bits per heavy atom. The van der Waals surface area contributed by atoms with Gasteiger partial charge in [0.15, 0.2) is 0 Å².